The van der Waals surface area contributed by atoms with E-state index >= 15 is 0 Å². The zero-order valence-corrected chi connectivity index (χ0v) is 17.4. The van der Waals surface area contributed by atoms with Crippen LogP contribution >= 0.6 is 11.3 Å². The number of thiazole rings is 1. The van der Waals surface area contributed by atoms with Crippen LogP contribution in [0.2, 0.25) is 0 Å². The molecule has 3 aromatic rings. The molecule has 7 nitrogen and oxygen atoms in total. The number of urea groups is 1. The van der Waals surface area contributed by atoms with Gasteiger partial charge in [0.05, 0.1) is 12.2 Å². The van der Waals surface area contributed by atoms with Crippen molar-refractivity contribution in [3.63, 3.8) is 0 Å². The van der Waals surface area contributed by atoms with Crippen molar-refractivity contribution in [2.75, 3.05) is 29.9 Å². The van der Waals surface area contributed by atoms with Gasteiger partial charge < -0.3 is 15.4 Å². The Balaban J connectivity index is 1.27. The van der Waals surface area contributed by atoms with Gasteiger partial charge in [-0.25, -0.2) is 14.6 Å². The molecular formula is C22H22N4O3S. The highest BCUT2D eigenvalue weighted by Gasteiger charge is 2.23. The van der Waals surface area contributed by atoms with Crippen LogP contribution in [0.4, 0.5) is 21.0 Å². The average molecular weight is 423 g/mol. The number of cyclic esters (lactones) is 1. The Kier molecular flexibility index (Phi) is 5.94. The number of anilines is 2. The maximum absolute atomic E-state index is 12.2. The first-order chi connectivity index (χ1) is 14.6. The zero-order valence-electron chi connectivity index (χ0n) is 16.6. The number of aromatic nitrogens is 1. The summed E-state index contributed by atoms with van der Waals surface area (Å²) in [6.45, 7) is 3.41. The van der Waals surface area contributed by atoms with Crippen molar-refractivity contribution in [1.29, 1.82) is 0 Å². The third kappa shape index (κ3) is 4.77. The van der Waals surface area contributed by atoms with Gasteiger partial charge >= 0.3 is 12.1 Å². The van der Waals surface area contributed by atoms with Crippen LogP contribution in [0.5, 0.6) is 0 Å². The molecule has 0 aliphatic carbocycles. The third-order valence-electron chi connectivity index (χ3n) is 4.69. The Labute approximate surface area is 178 Å². The first kappa shape index (κ1) is 19.9. The third-order valence-corrected chi connectivity index (χ3v) is 5.63. The lowest BCUT2D eigenvalue weighted by molar-refractivity contribution is 0.181. The van der Waals surface area contributed by atoms with Gasteiger partial charge in [0.25, 0.3) is 0 Å². The molecule has 0 saturated carbocycles. The maximum atomic E-state index is 12.2. The standard InChI is InChI=1S/C22H22N4O3S/c1-15-5-7-16(8-6-15)20-24-18(14-30-20)9-10-23-21(27)25-17-3-2-4-19(13-17)26-11-12-29-22(26)28/h2-8,13-14H,9-12H2,1H3,(H2,23,25,27). The molecule has 1 aliphatic rings. The molecule has 2 aromatic carbocycles. The number of benzene rings is 2. The molecule has 3 amide bonds. The summed E-state index contributed by atoms with van der Waals surface area (Å²) >= 11 is 1.60. The SMILES string of the molecule is Cc1ccc(-c2nc(CCNC(=O)Nc3cccc(N4CCOC4=O)c3)cs2)cc1. The van der Waals surface area contributed by atoms with Gasteiger partial charge in [-0.15, -0.1) is 11.3 Å². The molecule has 2 N–H and O–H groups in total. The lowest BCUT2D eigenvalue weighted by Crippen LogP contribution is -2.30. The van der Waals surface area contributed by atoms with Crippen molar-refractivity contribution in [2.45, 2.75) is 13.3 Å². The summed E-state index contributed by atoms with van der Waals surface area (Å²) in [5.74, 6) is 0. The van der Waals surface area contributed by atoms with Crippen molar-refractivity contribution in [2.24, 2.45) is 0 Å². The molecule has 1 fully saturated rings. The molecule has 0 bridgehead atoms. The monoisotopic (exact) mass is 422 g/mol. The molecule has 8 heteroatoms. The summed E-state index contributed by atoms with van der Waals surface area (Å²) in [4.78, 5) is 30.1. The molecule has 0 atom stereocenters. The number of nitrogens with zero attached hydrogens (tertiary/aromatic N) is 2. The molecule has 1 saturated heterocycles. The highest BCUT2D eigenvalue weighted by atomic mass is 32.1. The van der Waals surface area contributed by atoms with E-state index in [1.54, 1.807) is 29.5 Å². The molecule has 30 heavy (non-hydrogen) atoms. The Hall–Kier alpha value is -3.39. The first-order valence-corrected chi connectivity index (χ1v) is 10.6. The van der Waals surface area contributed by atoms with Gasteiger partial charge in [0, 0.05) is 35.3 Å². The number of nitrogens with one attached hydrogen (secondary N) is 2. The van der Waals surface area contributed by atoms with Crippen molar-refractivity contribution in [3.05, 3.63) is 65.2 Å². The highest BCUT2D eigenvalue weighted by molar-refractivity contribution is 7.13. The van der Waals surface area contributed by atoms with E-state index in [4.69, 9.17) is 4.74 Å². The summed E-state index contributed by atoms with van der Waals surface area (Å²) in [6.07, 6.45) is 0.278. The van der Waals surface area contributed by atoms with Gasteiger partial charge in [0.15, 0.2) is 0 Å². The van der Waals surface area contributed by atoms with E-state index in [2.05, 4.69) is 46.8 Å². The number of carbonyl (C=O) groups is 2. The molecule has 4 rings (SSSR count). The van der Waals surface area contributed by atoms with E-state index < -0.39 is 0 Å². The molecule has 0 radical (unpaired) electrons. The minimum absolute atomic E-state index is 0.301. The summed E-state index contributed by atoms with van der Waals surface area (Å²) in [5.41, 5.74) is 4.58. The minimum Gasteiger partial charge on any atom is -0.447 e. The Morgan fingerprint density at radius 1 is 1.23 bits per heavy atom. The molecule has 0 unspecified atom stereocenters. The van der Waals surface area contributed by atoms with Gasteiger partial charge in [0.2, 0.25) is 0 Å². The van der Waals surface area contributed by atoms with E-state index in [9.17, 15) is 9.59 Å². The lowest BCUT2D eigenvalue weighted by atomic mass is 10.2. The van der Waals surface area contributed by atoms with Gasteiger partial charge in [-0.1, -0.05) is 35.9 Å². The van der Waals surface area contributed by atoms with Crippen LogP contribution in [0.15, 0.2) is 53.9 Å². The topological polar surface area (TPSA) is 83.6 Å². The quantitative estimate of drug-likeness (QED) is 0.615. The van der Waals surface area contributed by atoms with Crippen LogP contribution in [0.3, 0.4) is 0 Å². The molecule has 1 aliphatic heterocycles. The van der Waals surface area contributed by atoms with Crippen molar-refractivity contribution < 1.29 is 14.3 Å². The number of amides is 3. The molecule has 2 heterocycles. The second kappa shape index (κ2) is 8.96. The van der Waals surface area contributed by atoms with E-state index in [0.717, 1.165) is 16.3 Å². The molecular weight excluding hydrogens is 400 g/mol. The smallest absolute Gasteiger partial charge is 0.414 e. The van der Waals surface area contributed by atoms with Gasteiger partial charge in [-0.3, -0.25) is 4.90 Å². The second-order valence-electron chi connectivity index (χ2n) is 6.96. The van der Waals surface area contributed by atoms with Crippen molar-refractivity contribution in [1.82, 2.24) is 10.3 Å². The fourth-order valence-electron chi connectivity index (χ4n) is 3.11. The Morgan fingerprint density at radius 3 is 2.83 bits per heavy atom. The average Bonchev–Trinajstić information content (AvgIpc) is 3.38. The molecule has 154 valence electrons. The van der Waals surface area contributed by atoms with E-state index in [-0.39, 0.29) is 12.1 Å². The van der Waals surface area contributed by atoms with E-state index in [1.807, 2.05) is 11.4 Å². The largest absolute Gasteiger partial charge is 0.447 e. The number of rotatable bonds is 6. The fourth-order valence-corrected chi connectivity index (χ4v) is 3.97. The number of hydrogen-bond donors (Lipinski definition) is 2. The summed E-state index contributed by atoms with van der Waals surface area (Å²) in [7, 11) is 0. The van der Waals surface area contributed by atoms with Crippen LogP contribution in [-0.2, 0) is 11.2 Å². The Morgan fingerprint density at radius 2 is 2.07 bits per heavy atom. The first-order valence-electron chi connectivity index (χ1n) is 9.69. The predicted octanol–water partition coefficient (Wildman–Crippen LogP) is 4.44. The van der Waals surface area contributed by atoms with Crippen LogP contribution in [0.1, 0.15) is 11.3 Å². The normalized spacial score (nSPS) is 13.2. The molecule has 1 aromatic heterocycles. The fraction of sp³-hybridized carbons (Fsp3) is 0.227. The number of aryl methyl sites for hydroxylation is 1. The number of ether oxygens (including phenoxy) is 1. The number of hydrogen-bond acceptors (Lipinski definition) is 5. The van der Waals surface area contributed by atoms with Gasteiger partial charge in [-0.2, -0.15) is 0 Å². The van der Waals surface area contributed by atoms with E-state index in [1.165, 1.54) is 10.5 Å². The summed E-state index contributed by atoms with van der Waals surface area (Å²) < 4.78 is 4.95. The van der Waals surface area contributed by atoms with Crippen LogP contribution in [-0.4, -0.2) is 36.8 Å². The lowest BCUT2D eigenvalue weighted by Gasteiger charge is -2.14. The summed E-state index contributed by atoms with van der Waals surface area (Å²) in [6, 6.07) is 15.1. The van der Waals surface area contributed by atoms with Gasteiger partial charge in [0.1, 0.15) is 11.6 Å². The van der Waals surface area contributed by atoms with Crippen LogP contribution in [0.25, 0.3) is 10.6 Å². The highest BCUT2D eigenvalue weighted by Crippen LogP contribution is 2.24. The minimum atomic E-state index is -0.370. The number of carbonyl (C=O) groups excluding carboxylic acids is 2. The van der Waals surface area contributed by atoms with Crippen LogP contribution in [0, 0.1) is 6.92 Å². The Bertz CT molecular complexity index is 1050. The van der Waals surface area contributed by atoms with Crippen molar-refractivity contribution >= 4 is 34.8 Å². The van der Waals surface area contributed by atoms with Gasteiger partial charge in [-0.05, 0) is 25.1 Å². The zero-order chi connectivity index (χ0) is 20.9. The predicted molar refractivity (Wildman–Crippen MR) is 118 cm³/mol. The molecule has 0 spiro atoms. The summed E-state index contributed by atoms with van der Waals surface area (Å²) in [5, 5.41) is 8.64. The van der Waals surface area contributed by atoms with E-state index in [0.29, 0.717) is 37.5 Å². The van der Waals surface area contributed by atoms with Crippen molar-refractivity contribution in [3.8, 4) is 10.6 Å². The van der Waals surface area contributed by atoms with Crippen LogP contribution < -0.4 is 15.5 Å². The maximum Gasteiger partial charge on any atom is 0.414 e. The second-order valence-corrected chi connectivity index (χ2v) is 7.82.